The number of amides is 2. The van der Waals surface area contributed by atoms with Crippen LogP contribution < -0.4 is 30.7 Å². The number of aliphatic hydroxyl groups excluding tert-OH is 2. The van der Waals surface area contributed by atoms with Crippen molar-refractivity contribution >= 4 is 34.4 Å². The number of alkyl halides is 3. The molecule has 3 saturated heterocycles. The van der Waals surface area contributed by atoms with Gasteiger partial charge in [0.15, 0.2) is 5.75 Å². The smallest absolute Gasteiger partial charge is 0.418 e. The fourth-order valence-corrected chi connectivity index (χ4v) is 11.4. The van der Waals surface area contributed by atoms with Crippen molar-refractivity contribution in [2.45, 2.75) is 114 Å². The lowest BCUT2D eigenvalue weighted by Crippen LogP contribution is -2.50. The normalized spacial score (nSPS) is 20.0. The van der Waals surface area contributed by atoms with Crippen molar-refractivity contribution in [2.24, 2.45) is 5.92 Å². The summed E-state index contributed by atoms with van der Waals surface area (Å²) in [5, 5.41) is 37.2. The molecule has 3 aliphatic heterocycles. The molecule has 1 saturated carbocycles. The molecule has 7 atom stereocenters. The number of pyridine rings is 1. The van der Waals surface area contributed by atoms with Crippen LogP contribution >= 0.6 is 0 Å². The number of nitrogen functional groups attached to an aromatic ring is 1. The number of rotatable bonds is 19. The van der Waals surface area contributed by atoms with Crippen molar-refractivity contribution in [3.05, 3.63) is 113 Å². The van der Waals surface area contributed by atoms with Crippen molar-refractivity contribution in [1.82, 2.24) is 55.4 Å². The summed E-state index contributed by atoms with van der Waals surface area (Å²) in [5.74, 6) is -0.754. The lowest BCUT2D eigenvalue weighted by molar-refractivity contribution is -0.142. The number of methoxy groups -OCH3 is 1. The molecule has 2 amide bonds. The quantitative estimate of drug-likeness (QED) is 0.0562. The summed E-state index contributed by atoms with van der Waals surface area (Å²) in [6.45, 7) is 7.85. The summed E-state index contributed by atoms with van der Waals surface area (Å²) in [7, 11) is 1.57. The van der Waals surface area contributed by atoms with E-state index in [1.165, 1.54) is 28.9 Å². The van der Waals surface area contributed by atoms with E-state index in [-0.39, 0.29) is 96.1 Å². The molecular weight excluding hydrogens is 1050 g/mol. The van der Waals surface area contributed by atoms with E-state index in [9.17, 15) is 19.8 Å². The first kappa shape index (κ1) is 55.1. The number of piperazine rings is 1. The van der Waals surface area contributed by atoms with E-state index >= 15 is 13.2 Å². The van der Waals surface area contributed by atoms with E-state index in [2.05, 4.69) is 40.8 Å². The van der Waals surface area contributed by atoms with Crippen LogP contribution in [0.25, 0.3) is 44.5 Å². The number of nitrogens with zero attached hydrogens (tertiary/aromatic N) is 10. The molecule has 4 aliphatic rings. The highest BCUT2D eigenvalue weighted by molar-refractivity contribution is 6.01. The summed E-state index contributed by atoms with van der Waals surface area (Å²) in [6, 6.07) is 15.3. The van der Waals surface area contributed by atoms with Gasteiger partial charge in [0.05, 0.1) is 42.3 Å². The molecule has 3 aromatic carbocycles. The highest BCUT2D eigenvalue weighted by Gasteiger charge is 2.45. The maximum absolute atomic E-state index is 15.3. The van der Waals surface area contributed by atoms with Crippen LogP contribution in [0.2, 0.25) is 0 Å². The number of anilines is 2. The number of nitrogens with two attached hydrogens (primary N) is 1. The first-order valence-electron chi connectivity index (χ1n) is 27.2. The Balaban J connectivity index is 0.876. The Morgan fingerprint density at radius 2 is 1.68 bits per heavy atom. The fourth-order valence-electron chi connectivity index (χ4n) is 11.4. The molecule has 7 heterocycles. The molecule has 20 nitrogen and oxygen atoms in total. The summed E-state index contributed by atoms with van der Waals surface area (Å²) >= 11 is 0. The van der Waals surface area contributed by atoms with Gasteiger partial charge in [-0.15, -0.1) is 5.10 Å². The molecule has 0 unspecified atom stereocenters. The van der Waals surface area contributed by atoms with Gasteiger partial charge in [-0.25, -0.2) is 19.6 Å². The number of carbonyl (C=O) groups is 2. The van der Waals surface area contributed by atoms with Crippen LogP contribution in [0.1, 0.15) is 92.3 Å². The largest absolute Gasteiger partial charge is 0.486 e. The van der Waals surface area contributed by atoms with E-state index in [0.717, 1.165) is 36.9 Å². The molecule has 23 heteroatoms. The molecule has 2 bridgehead atoms. The van der Waals surface area contributed by atoms with Crippen LogP contribution in [0, 0.1) is 12.8 Å². The van der Waals surface area contributed by atoms with Gasteiger partial charge >= 0.3 is 12.2 Å². The number of likely N-dealkylation sites (tertiary alicyclic amines) is 1. The SMILES string of the molecule is CO[C@@H](C)COc1nc(N2C[C@@H]3C[C@H]2CN3)c2cc(C3CC3)c(-c3nc(N)cc(C)c3C(F)(F)F)c(OCc3ccc(-c4cn([C@H](C(=O)N5C[C@H](O)C[C@H]5C(=O)N[C@@H](CO)c5ccc(-c6cncnc6)cc5)C(C)C)nn4)cc3)c2n1. The second kappa shape index (κ2) is 22.6. The van der Waals surface area contributed by atoms with Gasteiger partial charge in [-0.2, -0.15) is 23.1 Å². The lowest BCUT2D eigenvalue weighted by atomic mass is 9.92. The molecule has 0 radical (unpaired) electrons. The molecule has 6 N–H and O–H groups in total. The van der Waals surface area contributed by atoms with Crippen molar-refractivity contribution < 1.29 is 47.2 Å². The van der Waals surface area contributed by atoms with Gasteiger partial charge in [0.25, 0.3) is 0 Å². The average molecular weight is 1110 g/mol. The Bertz CT molecular complexity index is 3440. The van der Waals surface area contributed by atoms with Crippen LogP contribution in [0.3, 0.4) is 0 Å². The Kier molecular flexibility index (Phi) is 15.4. The molecule has 11 rings (SSSR count). The van der Waals surface area contributed by atoms with Gasteiger partial charge in [-0.3, -0.25) is 9.59 Å². The Hall–Kier alpha value is -7.86. The number of carbonyl (C=O) groups excluding carboxylic acids is 2. The lowest BCUT2D eigenvalue weighted by Gasteiger charge is -2.30. The summed E-state index contributed by atoms with van der Waals surface area (Å²) < 4.78 is 65.9. The summed E-state index contributed by atoms with van der Waals surface area (Å²) in [5.41, 5.74) is 10.0. The predicted molar refractivity (Wildman–Crippen MR) is 294 cm³/mol. The summed E-state index contributed by atoms with van der Waals surface area (Å²) in [6.07, 6.45) is 2.77. The van der Waals surface area contributed by atoms with E-state index < -0.39 is 54.4 Å². The van der Waals surface area contributed by atoms with Crippen LogP contribution in [0.5, 0.6) is 11.8 Å². The number of β-amino-alcohol motifs (C(OH)–C–C–N with tert-alkyl or cyclic N) is 1. The number of benzene rings is 3. The van der Waals surface area contributed by atoms with Crippen molar-refractivity contribution in [1.29, 1.82) is 0 Å². The highest BCUT2D eigenvalue weighted by Crippen LogP contribution is 2.54. The molecule has 0 spiro atoms. The standard InChI is InChI=1S/C58H64F3N13O7/c1-30(2)52(56(78)73-24-41(76)18-46(73)55(77)66-45(26-75)37-14-10-34(11-15-37)38-20-63-29-64-21-38)74-25-44(70-71-74)36-8-6-33(7-9-36)28-80-53-48(51-49(58(59,60)61)31(3)16-47(62)67-51)42(35-12-13-35)19-43-50(53)68-57(81-27-32(4)79-5)69-54(43)72-23-39-17-40(72)22-65-39/h6-11,14-16,19-21,25,29-30,32,35,39-41,45-46,52,65,75-76H,12-13,17-18,22-24,26-28H2,1-5H3,(H2,62,67)(H,66,77)/t32-,39-,40-,41+,45-,46-,52-/m0/s1. The Morgan fingerprint density at radius 3 is 2.33 bits per heavy atom. The monoisotopic (exact) mass is 1110 g/mol. The number of aliphatic hydroxyl groups is 2. The summed E-state index contributed by atoms with van der Waals surface area (Å²) in [4.78, 5) is 54.6. The molecule has 7 aromatic rings. The third kappa shape index (κ3) is 11.3. The zero-order valence-corrected chi connectivity index (χ0v) is 45.5. The minimum absolute atomic E-state index is 0.00254. The minimum atomic E-state index is -4.80. The second-order valence-corrected chi connectivity index (χ2v) is 21.9. The van der Waals surface area contributed by atoms with E-state index in [1.807, 2.05) is 63.2 Å². The van der Waals surface area contributed by atoms with Gasteiger partial charge < -0.3 is 50.6 Å². The van der Waals surface area contributed by atoms with Gasteiger partial charge in [-0.1, -0.05) is 67.6 Å². The topological polar surface area (TPSA) is 254 Å². The number of nitrogens with one attached hydrogen (secondary N) is 2. The van der Waals surface area contributed by atoms with Crippen molar-refractivity contribution in [2.75, 3.05) is 50.6 Å². The highest BCUT2D eigenvalue weighted by atomic mass is 19.4. The van der Waals surface area contributed by atoms with Crippen LogP contribution in [-0.4, -0.2) is 137 Å². The molecule has 4 aromatic heterocycles. The second-order valence-electron chi connectivity index (χ2n) is 21.9. The molecule has 1 aliphatic carbocycles. The minimum Gasteiger partial charge on any atom is -0.486 e. The fraction of sp³-hybridized carbons (Fsp3) is 0.431. The molecular formula is C58H64F3N13O7. The number of hydrogen-bond acceptors (Lipinski definition) is 17. The third-order valence-electron chi connectivity index (χ3n) is 15.8. The maximum Gasteiger partial charge on any atom is 0.418 e. The van der Waals surface area contributed by atoms with Gasteiger partial charge in [0.2, 0.25) is 11.8 Å². The van der Waals surface area contributed by atoms with E-state index in [4.69, 9.17) is 29.9 Å². The number of fused-ring (bicyclic) bond motifs is 3. The number of halogens is 3. The third-order valence-corrected chi connectivity index (χ3v) is 15.8. The molecule has 4 fully saturated rings. The average Bonchev–Trinajstić information content (AvgIpc) is 3.63. The zero-order valence-electron chi connectivity index (χ0n) is 45.5. The number of aromatic nitrogens is 8. The Morgan fingerprint density at radius 1 is 0.938 bits per heavy atom. The van der Waals surface area contributed by atoms with Gasteiger partial charge in [-0.05, 0) is 84.9 Å². The number of ether oxygens (including phenoxy) is 3. The predicted octanol–water partition coefficient (Wildman–Crippen LogP) is 6.75. The maximum atomic E-state index is 15.3. The van der Waals surface area contributed by atoms with Crippen LogP contribution in [0.4, 0.5) is 24.8 Å². The van der Waals surface area contributed by atoms with Crippen LogP contribution in [0.15, 0.2) is 85.6 Å². The number of aryl methyl sites for hydroxylation is 1. The Labute approximate surface area is 465 Å². The first-order chi connectivity index (χ1) is 39.0. The van der Waals surface area contributed by atoms with Crippen LogP contribution in [-0.2, 0) is 27.1 Å². The van der Waals surface area contributed by atoms with Crippen molar-refractivity contribution in [3.8, 4) is 45.4 Å². The van der Waals surface area contributed by atoms with Crippen molar-refractivity contribution in [3.63, 3.8) is 0 Å². The first-order valence-corrected chi connectivity index (χ1v) is 27.2. The van der Waals surface area contributed by atoms with E-state index in [1.54, 1.807) is 37.8 Å². The zero-order chi connectivity index (χ0) is 56.9. The molecule has 81 heavy (non-hydrogen) atoms. The molecule has 424 valence electrons. The number of hydrogen-bond donors (Lipinski definition) is 5. The van der Waals surface area contributed by atoms with E-state index in [0.29, 0.717) is 45.7 Å². The van der Waals surface area contributed by atoms with Gasteiger partial charge in [0, 0.05) is 79.7 Å². The van der Waals surface area contributed by atoms with Gasteiger partial charge in [0.1, 0.15) is 54.5 Å².